The summed E-state index contributed by atoms with van der Waals surface area (Å²) in [5.74, 6) is -3.97. The summed E-state index contributed by atoms with van der Waals surface area (Å²) in [7, 11) is 3.19. The zero-order valence-corrected chi connectivity index (χ0v) is 11.0. The molecule has 3 nitrogen and oxygen atoms in total. The molecule has 7 heteroatoms. The second kappa shape index (κ2) is 5.22. The molecule has 0 saturated carbocycles. The standard InChI is InChI=1S/C12H11ClF3N3/c1-17-11(12-7(13)5-18-19(12)2)6-3-4-8(14)10(16)9(6)15/h3-5,11,17H,1-2H3. The highest BCUT2D eigenvalue weighted by Gasteiger charge is 2.25. The first-order valence-corrected chi connectivity index (χ1v) is 5.83. The maximum atomic E-state index is 13.8. The topological polar surface area (TPSA) is 29.9 Å². The fourth-order valence-corrected chi connectivity index (χ4v) is 2.22. The van der Waals surface area contributed by atoms with E-state index >= 15 is 0 Å². The van der Waals surface area contributed by atoms with Crippen molar-refractivity contribution < 1.29 is 13.2 Å². The van der Waals surface area contributed by atoms with Crippen LogP contribution in [0.2, 0.25) is 5.02 Å². The molecular weight excluding hydrogens is 279 g/mol. The molecule has 0 aliphatic carbocycles. The largest absolute Gasteiger partial charge is 0.308 e. The lowest BCUT2D eigenvalue weighted by atomic mass is 10.0. The minimum Gasteiger partial charge on any atom is -0.308 e. The van der Waals surface area contributed by atoms with E-state index in [0.29, 0.717) is 10.7 Å². The molecule has 0 radical (unpaired) electrons. The zero-order valence-electron chi connectivity index (χ0n) is 10.2. The first-order valence-electron chi connectivity index (χ1n) is 5.45. The summed E-state index contributed by atoms with van der Waals surface area (Å²) in [5, 5.41) is 7.06. The zero-order chi connectivity index (χ0) is 14.2. The number of hydrogen-bond donors (Lipinski definition) is 1. The molecule has 0 aliphatic heterocycles. The minimum absolute atomic E-state index is 0.0353. The number of aryl methyl sites for hydroxylation is 1. The fraction of sp³-hybridized carbons (Fsp3) is 0.250. The van der Waals surface area contributed by atoms with Gasteiger partial charge in [0.25, 0.3) is 0 Å². The Morgan fingerprint density at radius 2 is 1.95 bits per heavy atom. The van der Waals surface area contributed by atoms with Crippen molar-refractivity contribution >= 4 is 11.6 Å². The van der Waals surface area contributed by atoms with E-state index in [9.17, 15) is 13.2 Å². The van der Waals surface area contributed by atoms with Crippen LogP contribution in [0.15, 0.2) is 18.3 Å². The van der Waals surface area contributed by atoms with Crippen LogP contribution >= 0.6 is 11.6 Å². The van der Waals surface area contributed by atoms with Crippen molar-refractivity contribution in [1.82, 2.24) is 15.1 Å². The van der Waals surface area contributed by atoms with Gasteiger partial charge in [-0.25, -0.2) is 13.2 Å². The Bertz CT molecular complexity index is 593. The summed E-state index contributed by atoms with van der Waals surface area (Å²) >= 11 is 5.98. The van der Waals surface area contributed by atoms with Crippen LogP contribution in [-0.4, -0.2) is 16.8 Å². The van der Waals surface area contributed by atoms with Crippen LogP contribution in [-0.2, 0) is 7.05 Å². The van der Waals surface area contributed by atoms with E-state index in [-0.39, 0.29) is 5.56 Å². The van der Waals surface area contributed by atoms with Gasteiger partial charge < -0.3 is 5.32 Å². The molecule has 102 valence electrons. The van der Waals surface area contributed by atoms with Crippen LogP contribution in [0.1, 0.15) is 17.3 Å². The average molecular weight is 290 g/mol. The van der Waals surface area contributed by atoms with Crippen molar-refractivity contribution in [2.75, 3.05) is 7.05 Å². The SMILES string of the molecule is CNC(c1ccc(F)c(F)c1F)c1c(Cl)cnn1C. The summed E-state index contributed by atoms with van der Waals surface area (Å²) in [6.45, 7) is 0. The van der Waals surface area contributed by atoms with Gasteiger partial charge >= 0.3 is 0 Å². The first kappa shape index (κ1) is 13.9. The van der Waals surface area contributed by atoms with E-state index in [4.69, 9.17) is 11.6 Å². The third kappa shape index (κ3) is 2.33. The summed E-state index contributed by atoms with van der Waals surface area (Å²) in [6.07, 6.45) is 1.40. The molecule has 1 N–H and O–H groups in total. The Labute approximate surface area is 113 Å². The fourth-order valence-electron chi connectivity index (χ4n) is 1.95. The van der Waals surface area contributed by atoms with Crippen molar-refractivity contribution in [3.05, 3.63) is 52.1 Å². The maximum absolute atomic E-state index is 13.8. The summed E-state index contributed by atoms with van der Waals surface area (Å²) in [6, 6.07) is 1.33. The third-order valence-electron chi connectivity index (χ3n) is 2.88. The molecule has 0 bridgehead atoms. The monoisotopic (exact) mass is 289 g/mol. The van der Waals surface area contributed by atoms with E-state index < -0.39 is 23.5 Å². The molecule has 0 fully saturated rings. The molecule has 1 unspecified atom stereocenters. The number of halogens is 4. The lowest BCUT2D eigenvalue weighted by Crippen LogP contribution is -2.22. The normalized spacial score (nSPS) is 12.7. The van der Waals surface area contributed by atoms with Gasteiger partial charge in [-0.15, -0.1) is 0 Å². The highest BCUT2D eigenvalue weighted by atomic mass is 35.5. The molecule has 0 saturated heterocycles. The summed E-state index contributed by atoms with van der Waals surface area (Å²) in [5.41, 5.74) is 0.431. The van der Waals surface area contributed by atoms with Crippen LogP contribution in [0.3, 0.4) is 0 Å². The van der Waals surface area contributed by atoms with Gasteiger partial charge in [-0.1, -0.05) is 17.7 Å². The van der Waals surface area contributed by atoms with Crippen LogP contribution in [0.4, 0.5) is 13.2 Å². The van der Waals surface area contributed by atoms with E-state index in [2.05, 4.69) is 10.4 Å². The minimum atomic E-state index is -1.50. The Morgan fingerprint density at radius 3 is 2.47 bits per heavy atom. The van der Waals surface area contributed by atoms with Gasteiger partial charge in [-0.2, -0.15) is 5.10 Å². The summed E-state index contributed by atoms with van der Waals surface area (Å²) < 4.78 is 41.5. The molecule has 2 aromatic rings. The lowest BCUT2D eigenvalue weighted by molar-refractivity contribution is 0.433. The Morgan fingerprint density at radius 1 is 1.26 bits per heavy atom. The van der Waals surface area contributed by atoms with Gasteiger partial charge in [0.15, 0.2) is 17.5 Å². The number of nitrogens with zero attached hydrogens (tertiary/aromatic N) is 2. The number of benzene rings is 1. The van der Waals surface area contributed by atoms with Crippen LogP contribution in [0.5, 0.6) is 0 Å². The average Bonchev–Trinajstić information content (AvgIpc) is 2.71. The molecule has 0 aliphatic rings. The Balaban J connectivity index is 2.58. The Kier molecular flexibility index (Phi) is 3.82. The quantitative estimate of drug-likeness (QED) is 0.881. The molecular formula is C12H11ClF3N3. The van der Waals surface area contributed by atoms with Gasteiger partial charge in [-0.05, 0) is 13.1 Å². The van der Waals surface area contributed by atoms with Gasteiger partial charge in [0.05, 0.1) is 23.0 Å². The molecule has 1 aromatic heterocycles. The number of aromatic nitrogens is 2. The molecule has 0 amide bonds. The van der Waals surface area contributed by atoms with Crippen molar-refractivity contribution in [2.24, 2.45) is 7.05 Å². The number of rotatable bonds is 3. The van der Waals surface area contributed by atoms with E-state index in [1.807, 2.05) is 0 Å². The van der Waals surface area contributed by atoms with E-state index in [0.717, 1.165) is 6.07 Å². The number of hydrogen-bond acceptors (Lipinski definition) is 2. The van der Waals surface area contributed by atoms with Gasteiger partial charge in [-0.3, -0.25) is 4.68 Å². The van der Waals surface area contributed by atoms with Gasteiger partial charge in [0, 0.05) is 12.6 Å². The predicted octanol–water partition coefficient (Wildman–Crippen LogP) is 2.80. The van der Waals surface area contributed by atoms with Crippen molar-refractivity contribution in [2.45, 2.75) is 6.04 Å². The molecule has 19 heavy (non-hydrogen) atoms. The van der Waals surface area contributed by atoms with Crippen molar-refractivity contribution in [3.63, 3.8) is 0 Å². The smallest absolute Gasteiger partial charge is 0.194 e. The second-order valence-corrected chi connectivity index (χ2v) is 4.39. The second-order valence-electron chi connectivity index (χ2n) is 3.99. The molecule has 2 rings (SSSR count). The van der Waals surface area contributed by atoms with Gasteiger partial charge in [0.2, 0.25) is 0 Å². The first-order chi connectivity index (χ1) is 8.97. The lowest BCUT2D eigenvalue weighted by Gasteiger charge is -2.18. The Hall–Kier alpha value is -1.53. The van der Waals surface area contributed by atoms with Crippen LogP contribution in [0.25, 0.3) is 0 Å². The maximum Gasteiger partial charge on any atom is 0.194 e. The van der Waals surface area contributed by atoms with Gasteiger partial charge in [0.1, 0.15) is 0 Å². The van der Waals surface area contributed by atoms with E-state index in [1.54, 1.807) is 14.1 Å². The van der Waals surface area contributed by atoms with Crippen LogP contribution < -0.4 is 5.32 Å². The molecule has 1 atom stereocenters. The molecule has 0 spiro atoms. The molecule has 1 aromatic carbocycles. The predicted molar refractivity (Wildman–Crippen MR) is 65.4 cm³/mol. The molecule has 1 heterocycles. The highest BCUT2D eigenvalue weighted by Crippen LogP contribution is 2.30. The highest BCUT2D eigenvalue weighted by molar-refractivity contribution is 6.31. The third-order valence-corrected chi connectivity index (χ3v) is 3.17. The van der Waals surface area contributed by atoms with Crippen LogP contribution in [0, 0.1) is 17.5 Å². The van der Waals surface area contributed by atoms with Crippen molar-refractivity contribution in [1.29, 1.82) is 0 Å². The number of nitrogens with one attached hydrogen (secondary N) is 1. The summed E-state index contributed by atoms with van der Waals surface area (Å²) in [4.78, 5) is 0. The van der Waals surface area contributed by atoms with E-state index in [1.165, 1.54) is 16.9 Å². The van der Waals surface area contributed by atoms with Crippen molar-refractivity contribution in [3.8, 4) is 0 Å².